The van der Waals surface area contributed by atoms with E-state index in [1.807, 2.05) is 58.1 Å². The van der Waals surface area contributed by atoms with Gasteiger partial charge in [0.1, 0.15) is 6.04 Å². The summed E-state index contributed by atoms with van der Waals surface area (Å²) in [4.78, 5) is 34.6. The van der Waals surface area contributed by atoms with E-state index >= 15 is 0 Å². The van der Waals surface area contributed by atoms with Crippen molar-refractivity contribution in [2.45, 2.75) is 12.6 Å². The number of amides is 2. The van der Waals surface area contributed by atoms with Gasteiger partial charge in [-0.3, -0.25) is 19.4 Å². The van der Waals surface area contributed by atoms with Gasteiger partial charge in [-0.2, -0.15) is 0 Å². The fourth-order valence-corrected chi connectivity index (χ4v) is 4.58. The van der Waals surface area contributed by atoms with Crippen LogP contribution in [0, 0.1) is 0 Å². The summed E-state index contributed by atoms with van der Waals surface area (Å²) in [6, 6.07) is 19.7. The lowest BCUT2D eigenvalue weighted by molar-refractivity contribution is -0.143. The van der Waals surface area contributed by atoms with Gasteiger partial charge in [0.2, 0.25) is 11.8 Å². The van der Waals surface area contributed by atoms with Gasteiger partial charge >= 0.3 is 0 Å². The van der Waals surface area contributed by atoms with Crippen molar-refractivity contribution in [3.8, 4) is 0 Å². The van der Waals surface area contributed by atoms with Crippen LogP contribution in [0.15, 0.2) is 60.7 Å². The summed E-state index contributed by atoms with van der Waals surface area (Å²) in [5.74, 6) is 0.111. The van der Waals surface area contributed by atoms with Crippen LogP contribution in [0.25, 0.3) is 0 Å². The van der Waals surface area contributed by atoms with Gasteiger partial charge in [0.15, 0.2) is 0 Å². The van der Waals surface area contributed by atoms with E-state index in [0.717, 1.165) is 25.2 Å². The second kappa shape index (κ2) is 11.4. The molecule has 1 atom stereocenters. The van der Waals surface area contributed by atoms with Crippen LogP contribution < -0.4 is 0 Å². The van der Waals surface area contributed by atoms with Crippen molar-refractivity contribution in [2.75, 3.05) is 66.1 Å². The summed E-state index contributed by atoms with van der Waals surface area (Å²) in [7, 11) is 1.87. The molecule has 2 amide bonds. The molecule has 0 aliphatic carbocycles. The van der Waals surface area contributed by atoms with E-state index in [4.69, 9.17) is 4.74 Å². The Labute approximate surface area is 196 Å². The summed E-state index contributed by atoms with van der Waals surface area (Å²) >= 11 is 0. The zero-order valence-electron chi connectivity index (χ0n) is 19.4. The fourth-order valence-electron chi connectivity index (χ4n) is 4.58. The molecule has 176 valence electrons. The van der Waals surface area contributed by atoms with Gasteiger partial charge in [-0.05, 0) is 18.2 Å². The van der Waals surface area contributed by atoms with Crippen LogP contribution in [-0.2, 0) is 20.9 Å². The van der Waals surface area contributed by atoms with Gasteiger partial charge in [-0.25, -0.2) is 0 Å². The minimum atomic E-state index is -0.479. The van der Waals surface area contributed by atoms with E-state index < -0.39 is 6.04 Å². The van der Waals surface area contributed by atoms with Crippen molar-refractivity contribution < 1.29 is 14.3 Å². The van der Waals surface area contributed by atoms with E-state index in [2.05, 4.69) is 29.2 Å². The molecule has 2 aromatic rings. The summed E-state index contributed by atoms with van der Waals surface area (Å²) < 4.78 is 5.41. The van der Waals surface area contributed by atoms with Crippen LogP contribution >= 0.6 is 0 Å². The van der Waals surface area contributed by atoms with Crippen LogP contribution in [0.2, 0.25) is 0 Å². The van der Waals surface area contributed by atoms with Crippen molar-refractivity contribution in [2.24, 2.45) is 0 Å². The first-order valence-corrected chi connectivity index (χ1v) is 11.8. The maximum atomic E-state index is 13.4. The highest BCUT2D eigenvalue weighted by molar-refractivity contribution is 5.85. The highest BCUT2D eigenvalue weighted by Crippen LogP contribution is 2.23. The van der Waals surface area contributed by atoms with Gasteiger partial charge in [0.05, 0.1) is 19.8 Å². The van der Waals surface area contributed by atoms with Crippen molar-refractivity contribution >= 4 is 11.8 Å². The lowest BCUT2D eigenvalue weighted by Crippen LogP contribution is -2.52. The summed E-state index contributed by atoms with van der Waals surface area (Å²) in [6.45, 7) is 6.58. The van der Waals surface area contributed by atoms with Gasteiger partial charge < -0.3 is 14.5 Å². The molecule has 0 saturated carbocycles. The molecule has 0 aromatic heterocycles. The lowest BCUT2D eigenvalue weighted by Gasteiger charge is -2.37. The second-order valence-corrected chi connectivity index (χ2v) is 8.81. The van der Waals surface area contributed by atoms with Crippen molar-refractivity contribution in [1.82, 2.24) is 19.6 Å². The minimum Gasteiger partial charge on any atom is -0.378 e. The number of piperazine rings is 1. The largest absolute Gasteiger partial charge is 0.378 e. The Morgan fingerprint density at radius 3 is 2.09 bits per heavy atom. The molecule has 2 aromatic carbocycles. The fraction of sp³-hybridized carbons (Fsp3) is 0.462. The standard InChI is InChI=1S/C26H34N4O3/c1-27(25(23-10-6-3-7-11-23)26(32)30-16-18-33-19-17-30)21-24(31)29-14-12-28(13-15-29)20-22-8-4-2-5-9-22/h2-11,25H,12-21H2,1H3. The highest BCUT2D eigenvalue weighted by atomic mass is 16.5. The Morgan fingerprint density at radius 1 is 0.848 bits per heavy atom. The predicted molar refractivity (Wildman–Crippen MR) is 128 cm³/mol. The molecule has 7 nitrogen and oxygen atoms in total. The number of carbonyl (C=O) groups excluding carboxylic acids is 2. The zero-order valence-corrected chi connectivity index (χ0v) is 19.4. The number of benzene rings is 2. The molecule has 0 N–H and O–H groups in total. The molecule has 0 spiro atoms. The molecule has 4 rings (SSSR count). The van der Waals surface area contributed by atoms with Gasteiger partial charge in [-0.1, -0.05) is 60.7 Å². The lowest BCUT2D eigenvalue weighted by atomic mass is 10.0. The van der Waals surface area contributed by atoms with Gasteiger partial charge in [-0.15, -0.1) is 0 Å². The van der Waals surface area contributed by atoms with Crippen LogP contribution in [0.1, 0.15) is 17.2 Å². The average molecular weight is 451 g/mol. The predicted octanol–water partition coefficient (Wildman–Crippen LogP) is 1.86. The van der Waals surface area contributed by atoms with E-state index in [1.165, 1.54) is 5.56 Å². The molecule has 2 fully saturated rings. The Kier molecular flexibility index (Phi) is 8.10. The SMILES string of the molecule is CN(CC(=O)N1CCN(Cc2ccccc2)CC1)C(C(=O)N1CCOCC1)c1ccccc1. The van der Waals surface area contributed by atoms with Crippen LogP contribution in [-0.4, -0.2) is 97.5 Å². The number of hydrogen-bond donors (Lipinski definition) is 0. The summed E-state index contributed by atoms with van der Waals surface area (Å²) in [6.07, 6.45) is 0. The number of ether oxygens (including phenoxy) is 1. The van der Waals surface area contributed by atoms with Crippen LogP contribution in [0.4, 0.5) is 0 Å². The number of morpholine rings is 1. The maximum Gasteiger partial charge on any atom is 0.244 e. The van der Waals surface area contributed by atoms with Crippen molar-refractivity contribution in [3.63, 3.8) is 0 Å². The van der Waals surface area contributed by atoms with Crippen LogP contribution in [0.5, 0.6) is 0 Å². The van der Waals surface area contributed by atoms with Crippen molar-refractivity contribution in [3.05, 3.63) is 71.8 Å². The number of rotatable bonds is 7. The average Bonchev–Trinajstić information content (AvgIpc) is 2.86. The normalized spacial score (nSPS) is 18.4. The van der Waals surface area contributed by atoms with Gasteiger partial charge in [0.25, 0.3) is 0 Å². The second-order valence-electron chi connectivity index (χ2n) is 8.81. The first-order chi connectivity index (χ1) is 16.1. The van der Waals surface area contributed by atoms with Crippen LogP contribution in [0.3, 0.4) is 0 Å². The molecule has 7 heteroatoms. The molecule has 33 heavy (non-hydrogen) atoms. The quantitative estimate of drug-likeness (QED) is 0.645. The molecule has 2 saturated heterocycles. The molecule has 1 unspecified atom stereocenters. The minimum absolute atomic E-state index is 0.0347. The van der Waals surface area contributed by atoms with E-state index in [9.17, 15) is 9.59 Å². The van der Waals surface area contributed by atoms with E-state index in [1.54, 1.807) is 0 Å². The van der Waals surface area contributed by atoms with E-state index in [0.29, 0.717) is 39.4 Å². The third-order valence-corrected chi connectivity index (χ3v) is 6.47. The molecule has 2 heterocycles. The Bertz CT molecular complexity index is 894. The number of nitrogens with zero attached hydrogens (tertiary/aromatic N) is 4. The number of hydrogen-bond acceptors (Lipinski definition) is 5. The Balaban J connectivity index is 1.36. The zero-order chi connectivity index (χ0) is 23.0. The molecule has 0 radical (unpaired) electrons. The first kappa shape index (κ1) is 23.4. The summed E-state index contributed by atoms with van der Waals surface area (Å²) in [5.41, 5.74) is 2.21. The molecular formula is C26H34N4O3. The molecule has 2 aliphatic heterocycles. The third-order valence-electron chi connectivity index (χ3n) is 6.47. The van der Waals surface area contributed by atoms with Gasteiger partial charge in [0, 0.05) is 45.8 Å². The third kappa shape index (κ3) is 6.19. The first-order valence-electron chi connectivity index (χ1n) is 11.8. The molecular weight excluding hydrogens is 416 g/mol. The topological polar surface area (TPSA) is 56.3 Å². The monoisotopic (exact) mass is 450 g/mol. The Morgan fingerprint density at radius 2 is 1.45 bits per heavy atom. The number of likely N-dealkylation sites (N-methyl/N-ethyl adjacent to an activating group) is 1. The molecule has 0 bridgehead atoms. The maximum absolute atomic E-state index is 13.4. The number of carbonyl (C=O) groups is 2. The summed E-state index contributed by atoms with van der Waals surface area (Å²) in [5, 5.41) is 0. The Hall–Kier alpha value is -2.74. The van der Waals surface area contributed by atoms with Crippen molar-refractivity contribution in [1.29, 1.82) is 0 Å². The molecule has 2 aliphatic rings. The smallest absolute Gasteiger partial charge is 0.244 e. The van der Waals surface area contributed by atoms with E-state index in [-0.39, 0.29) is 18.4 Å². The highest BCUT2D eigenvalue weighted by Gasteiger charge is 2.32.